The van der Waals surface area contributed by atoms with Gasteiger partial charge >= 0.3 is 0 Å². The highest BCUT2D eigenvalue weighted by atomic mass is 32.1. The van der Waals surface area contributed by atoms with Crippen LogP contribution in [-0.2, 0) is 0 Å². The highest BCUT2D eigenvalue weighted by molar-refractivity contribution is 7.17. The van der Waals surface area contributed by atoms with Gasteiger partial charge in [-0.1, -0.05) is 18.6 Å². The molecule has 1 fully saturated rings. The highest BCUT2D eigenvalue weighted by Gasteiger charge is 2.13. The topological polar surface area (TPSA) is 50.2 Å². The van der Waals surface area contributed by atoms with E-state index < -0.39 is 0 Å². The van der Waals surface area contributed by atoms with E-state index in [4.69, 9.17) is 0 Å². The van der Waals surface area contributed by atoms with Gasteiger partial charge in [0.1, 0.15) is 17.0 Å². The third-order valence-corrected chi connectivity index (χ3v) is 5.16. The smallest absolute Gasteiger partial charge is 0.159 e. The van der Waals surface area contributed by atoms with Crippen LogP contribution in [0.1, 0.15) is 32.1 Å². The molecule has 24 heavy (non-hydrogen) atoms. The number of hydrogen-bond acceptors (Lipinski definition) is 5. The van der Waals surface area contributed by atoms with E-state index in [0.29, 0.717) is 5.82 Å². The monoisotopic (exact) mass is 340 g/mol. The summed E-state index contributed by atoms with van der Waals surface area (Å²) in [7, 11) is 0. The maximum absolute atomic E-state index is 13.2. The third kappa shape index (κ3) is 3.01. The molecular formula is C18H17FN4S. The average Bonchev–Trinajstić information content (AvgIpc) is 3.06. The third-order valence-electron chi connectivity index (χ3n) is 4.28. The van der Waals surface area contributed by atoms with Gasteiger partial charge in [-0.05, 0) is 43.4 Å². The van der Waals surface area contributed by atoms with Crippen molar-refractivity contribution in [2.75, 3.05) is 5.43 Å². The van der Waals surface area contributed by atoms with Gasteiger partial charge in [0, 0.05) is 16.7 Å². The number of hydrogen-bond donors (Lipinski definition) is 1. The SMILES string of the molecule is Fc1ccc(-c2csc3ncnc(NN=C4CCCCC4)c23)cc1. The van der Waals surface area contributed by atoms with Gasteiger partial charge in [-0.2, -0.15) is 5.10 Å². The Morgan fingerprint density at radius 1 is 1.04 bits per heavy atom. The summed E-state index contributed by atoms with van der Waals surface area (Å²) >= 11 is 1.56. The Hall–Kier alpha value is -2.34. The van der Waals surface area contributed by atoms with Crippen LogP contribution in [0.4, 0.5) is 10.2 Å². The fourth-order valence-corrected chi connectivity index (χ4v) is 3.92. The largest absolute Gasteiger partial charge is 0.261 e. The Balaban J connectivity index is 1.73. The number of halogens is 1. The summed E-state index contributed by atoms with van der Waals surface area (Å²) in [5.74, 6) is 0.468. The quantitative estimate of drug-likeness (QED) is 0.664. The molecule has 0 unspecified atom stereocenters. The van der Waals surface area contributed by atoms with Gasteiger partial charge in [0.2, 0.25) is 0 Å². The maximum Gasteiger partial charge on any atom is 0.159 e. The molecule has 1 saturated carbocycles. The van der Waals surface area contributed by atoms with Crippen molar-refractivity contribution in [1.29, 1.82) is 0 Å². The Labute approximate surface area is 143 Å². The van der Waals surface area contributed by atoms with Gasteiger partial charge in [0.25, 0.3) is 0 Å². The lowest BCUT2D eigenvalue weighted by molar-refractivity contribution is 0.628. The number of rotatable bonds is 3. The second-order valence-corrected chi connectivity index (χ2v) is 6.77. The average molecular weight is 340 g/mol. The highest BCUT2D eigenvalue weighted by Crippen LogP contribution is 2.36. The van der Waals surface area contributed by atoms with Crippen molar-refractivity contribution in [2.24, 2.45) is 5.10 Å². The summed E-state index contributed by atoms with van der Waals surface area (Å²) in [6.07, 6.45) is 7.36. The van der Waals surface area contributed by atoms with Gasteiger partial charge in [-0.25, -0.2) is 14.4 Å². The van der Waals surface area contributed by atoms with Crippen LogP contribution < -0.4 is 5.43 Å². The minimum atomic E-state index is -0.239. The van der Waals surface area contributed by atoms with Gasteiger partial charge in [-0.3, -0.25) is 5.43 Å². The van der Waals surface area contributed by atoms with E-state index in [1.54, 1.807) is 29.8 Å². The van der Waals surface area contributed by atoms with Crippen LogP contribution >= 0.6 is 11.3 Å². The molecule has 0 atom stereocenters. The molecule has 4 nitrogen and oxygen atoms in total. The molecule has 0 amide bonds. The summed E-state index contributed by atoms with van der Waals surface area (Å²) in [6, 6.07) is 6.50. The molecule has 2 aromatic heterocycles. The number of nitrogens with zero attached hydrogens (tertiary/aromatic N) is 3. The van der Waals surface area contributed by atoms with Crippen molar-refractivity contribution in [3.8, 4) is 11.1 Å². The zero-order valence-corrected chi connectivity index (χ0v) is 13.9. The van der Waals surface area contributed by atoms with Gasteiger partial charge in [0.05, 0.1) is 5.39 Å². The van der Waals surface area contributed by atoms with Gasteiger partial charge in [-0.15, -0.1) is 11.3 Å². The minimum absolute atomic E-state index is 0.239. The van der Waals surface area contributed by atoms with E-state index in [0.717, 1.165) is 34.2 Å². The van der Waals surface area contributed by atoms with Crippen LogP contribution in [0.3, 0.4) is 0 Å². The molecule has 3 aromatic rings. The second kappa shape index (κ2) is 6.65. The molecule has 6 heteroatoms. The predicted octanol–water partition coefficient (Wildman–Crippen LogP) is 5.23. The van der Waals surface area contributed by atoms with Crippen LogP contribution in [0.25, 0.3) is 21.3 Å². The van der Waals surface area contributed by atoms with Crippen LogP contribution in [-0.4, -0.2) is 15.7 Å². The Kier molecular flexibility index (Phi) is 4.21. The number of nitrogens with one attached hydrogen (secondary N) is 1. The summed E-state index contributed by atoms with van der Waals surface area (Å²) < 4.78 is 13.2. The van der Waals surface area contributed by atoms with E-state index in [1.165, 1.54) is 37.1 Å². The van der Waals surface area contributed by atoms with E-state index in [1.807, 2.05) is 5.38 Å². The first kappa shape index (κ1) is 15.2. The minimum Gasteiger partial charge on any atom is -0.261 e. The predicted molar refractivity (Wildman–Crippen MR) is 97.0 cm³/mol. The van der Waals surface area contributed by atoms with Crippen molar-refractivity contribution in [3.05, 3.63) is 41.8 Å². The summed E-state index contributed by atoms with van der Waals surface area (Å²) in [5, 5.41) is 7.53. The van der Waals surface area contributed by atoms with Crippen molar-refractivity contribution in [3.63, 3.8) is 0 Å². The first-order valence-corrected chi connectivity index (χ1v) is 8.99. The Bertz CT molecular complexity index is 878. The molecule has 1 aromatic carbocycles. The lowest BCUT2D eigenvalue weighted by Gasteiger charge is -2.12. The van der Waals surface area contributed by atoms with Crippen molar-refractivity contribution in [1.82, 2.24) is 9.97 Å². The molecule has 4 rings (SSSR count). The van der Waals surface area contributed by atoms with Crippen molar-refractivity contribution in [2.45, 2.75) is 32.1 Å². The first-order chi connectivity index (χ1) is 11.8. The zero-order valence-electron chi connectivity index (χ0n) is 13.1. The molecule has 0 saturated heterocycles. The lowest BCUT2D eigenvalue weighted by atomic mass is 9.99. The van der Waals surface area contributed by atoms with E-state index in [-0.39, 0.29) is 5.82 Å². The Morgan fingerprint density at radius 2 is 1.83 bits per heavy atom. The van der Waals surface area contributed by atoms with Gasteiger partial charge < -0.3 is 0 Å². The van der Waals surface area contributed by atoms with E-state index in [9.17, 15) is 4.39 Å². The van der Waals surface area contributed by atoms with Crippen LogP contribution in [0.5, 0.6) is 0 Å². The van der Waals surface area contributed by atoms with E-state index >= 15 is 0 Å². The van der Waals surface area contributed by atoms with E-state index in [2.05, 4.69) is 20.5 Å². The number of benzene rings is 1. The van der Waals surface area contributed by atoms with Crippen LogP contribution in [0.2, 0.25) is 0 Å². The maximum atomic E-state index is 13.2. The first-order valence-electron chi connectivity index (χ1n) is 8.11. The molecule has 122 valence electrons. The fraction of sp³-hybridized carbons (Fsp3) is 0.278. The zero-order chi connectivity index (χ0) is 16.4. The summed E-state index contributed by atoms with van der Waals surface area (Å²) in [6.45, 7) is 0. The molecule has 2 heterocycles. The molecule has 0 radical (unpaired) electrons. The Morgan fingerprint density at radius 3 is 2.62 bits per heavy atom. The molecule has 0 bridgehead atoms. The van der Waals surface area contributed by atoms with Crippen LogP contribution in [0.15, 0.2) is 41.1 Å². The van der Waals surface area contributed by atoms with Gasteiger partial charge in [0.15, 0.2) is 5.82 Å². The molecule has 1 N–H and O–H groups in total. The number of thiophene rings is 1. The number of fused-ring (bicyclic) bond motifs is 1. The standard InChI is InChI=1S/C18H17FN4S/c19-13-8-6-12(7-9-13)15-10-24-18-16(15)17(20-11-21-18)23-22-14-4-2-1-3-5-14/h6-11H,1-5H2,(H,20,21,23). The summed E-state index contributed by atoms with van der Waals surface area (Å²) in [4.78, 5) is 9.61. The molecule has 0 aliphatic heterocycles. The summed E-state index contributed by atoms with van der Waals surface area (Å²) in [5.41, 5.74) is 6.29. The molecule has 0 spiro atoms. The normalized spacial score (nSPS) is 14.8. The van der Waals surface area contributed by atoms with Crippen molar-refractivity contribution >= 4 is 33.1 Å². The second-order valence-electron chi connectivity index (χ2n) is 5.91. The lowest BCUT2D eigenvalue weighted by Crippen LogP contribution is -2.07. The molecular weight excluding hydrogens is 323 g/mol. The molecule has 1 aliphatic rings. The number of anilines is 1. The number of aromatic nitrogens is 2. The number of hydrazone groups is 1. The fourth-order valence-electron chi connectivity index (χ4n) is 3.01. The molecule has 1 aliphatic carbocycles. The van der Waals surface area contributed by atoms with Crippen molar-refractivity contribution < 1.29 is 4.39 Å². The van der Waals surface area contributed by atoms with Crippen LogP contribution in [0, 0.1) is 5.82 Å².